The van der Waals surface area contributed by atoms with Crippen molar-refractivity contribution in [1.82, 2.24) is 0 Å². The van der Waals surface area contributed by atoms with Crippen molar-refractivity contribution < 1.29 is 13.9 Å². The van der Waals surface area contributed by atoms with Crippen LogP contribution in [0.15, 0.2) is 45.6 Å². The molecule has 2 aromatic carbocycles. The van der Waals surface area contributed by atoms with Gasteiger partial charge in [-0.2, -0.15) is 0 Å². The van der Waals surface area contributed by atoms with Crippen molar-refractivity contribution in [1.29, 1.82) is 0 Å². The van der Waals surface area contributed by atoms with Gasteiger partial charge in [-0.05, 0) is 38.5 Å². The number of Topliss-reactive ketones (excluding diaryl/α,β-unsaturated/α-hetero) is 1. The quantitative estimate of drug-likeness (QED) is 0.547. The van der Waals surface area contributed by atoms with Gasteiger partial charge in [0.2, 0.25) is 0 Å². The molecular formula is C18H16O4. The van der Waals surface area contributed by atoms with Gasteiger partial charge in [0.05, 0.1) is 5.39 Å². The van der Waals surface area contributed by atoms with E-state index in [0.29, 0.717) is 16.7 Å². The zero-order chi connectivity index (χ0) is 15.9. The first kappa shape index (κ1) is 14.3. The first-order valence-corrected chi connectivity index (χ1v) is 7.10. The number of benzene rings is 2. The molecule has 0 aliphatic heterocycles. The Bertz CT molecular complexity index is 937. The molecule has 112 valence electrons. The van der Waals surface area contributed by atoms with Crippen LogP contribution in [0.25, 0.3) is 21.7 Å². The molecule has 0 saturated heterocycles. The molecule has 0 fully saturated rings. The third kappa shape index (κ3) is 2.37. The summed E-state index contributed by atoms with van der Waals surface area (Å²) in [6.07, 6.45) is -0.538. The molecule has 3 aromatic rings. The molecule has 0 amide bonds. The van der Waals surface area contributed by atoms with Gasteiger partial charge in [-0.25, -0.2) is 4.79 Å². The molecule has 0 bridgehead atoms. The summed E-state index contributed by atoms with van der Waals surface area (Å²) in [5.41, 5.74) is 1.02. The minimum atomic E-state index is -0.538. The van der Waals surface area contributed by atoms with Crippen molar-refractivity contribution in [3.63, 3.8) is 0 Å². The van der Waals surface area contributed by atoms with Crippen LogP contribution in [0.5, 0.6) is 5.75 Å². The summed E-state index contributed by atoms with van der Waals surface area (Å²) in [7, 11) is 0. The Labute approximate surface area is 127 Å². The zero-order valence-corrected chi connectivity index (χ0v) is 12.7. The van der Waals surface area contributed by atoms with Crippen molar-refractivity contribution in [2.24, 2.45) is 0 Å². The molecule has 0 unspecified atom stereocenters. The van der Waals surface area contributed by atoms with Gasteiger partial charge in [-0.15, -0.1) is 0 Å². The molecule has 22 heavy (non-hydrogen) atoms. The Morgan fingerprint density at radius 3 is 2.55 bits per heavy atom. The van der Waals surface area contributed by atoms with Crippen molar-refractivity contribution in [2.45, 2.75) is 26.9 Å². The number of fused-ring (bicyclic) bond motifs is 3. The molecule has 0 radical (unpaired) electrons. The van der Waals surface area contributed by atoms with Crippen LogP contribution >= 0.6 is 0 Å². The largest absolute Gasteiger partial charge is 0.483 e. The smallest absolute Gasteiger partial charge is 0.344 e. The predicted molar refractivity (Wildman–Crippen MR) is 85.5 cm³/mol. The maximum absolute atomic E-state index is 12.1. The van der Waals surface area contributed by atoms with Crippen LogP contribution in [0, 0.1) is 6.92 Å². The van der Waals surface area contributed by atoms with Gasteiger partial charge < -0.3 is 9.15 Å². The van der Waals surface area contributed by atoms with Crippen LogP contribution < -0.4 is 10.4 Å². The van der Waals surface area contributed by atoms with Crippen LogP contribution in [-0.4, -0.2) is 11.9 Å². The fourth-order valence-corrected chi connectivity index (χ4v) is 2.54. The summed E-state index contributed by atoms with van der Waals surface area (Å²) in [6, 6.07) is 10.9. The summed E-state index contributed by atoms with van der Waals surface area (Å²) < 4.78 is 11.0. The average Bonchev–Trinajstić information content (AvgIpc) is 2.46. The molecular weight excluding hydrogens is 280 g/mol. The monoisotopic (exact) mass is 296 g/mol. The Balaban J connectivity index is 2.25. The minimum absolute atomic E-state index is 0.0577. The number of carbonyl (C=O) groups is 1. The lowest BCUT2D eigenvalue weighted by atomic mass is 10.0. The van der Waals surface area contributed by atoms with Gasteiger partial charge in [-0.1, -0.05) is 18.2 Å². The lowest BCUT2D eigenvalue weighted by Crippen LogP contribution is -2.20. The molecule has 0 spiro atoms. The maximum Gasteiger partial charge on any atom is 0.344 e. The molecule has 0 saturated carbocycles. The first-order valence-electron chi connectivity index (χ1n) is 7.10. The van der Waals surface area contributed by atoms with Gasteiger partial charge in [0.25, 0.3) is 0 Å². The van der Waals surface area contributed by atoms with Crippen LogP contribution in [0.2, 0.25) is 0 Å². The molecule has 0 N–H and O–H groups in total. The zero-order valence-electron chi connectivity index (χ0n) is 12.7. The van der Waals surface area contributed by atoms with Crippen LogP contribution in [-0.2, 0) is 4.79 Å². The van der Waals surface area contributed by atoms with Gasteiger partial charge in [0, 0.05) is 16.8 Å². The minimum Gasteiger partial charge on any atom is -0.483 e. The Hall–Kier alpha value is -2.62. The van der Waals surface area contributed by atoms with Gasteiger partial charge in [-0.3, -0.25) is 4.79 Å². The second-order valence-corrected chi connectivity index (χ2v) is 5.42. The summed E-state index contributed by atoms with van der Waals surface area (Å²) in [5.74, 6) is 0.462. The molecule has 1 aromatic heterocycles. The normalized spacial score (nSPS) is 12.5. The Morgan fingerprint density at radius 1 is 1.18 bits per heavy atom. The van der Waals surface area contributed by atoms with Gasteiger partial charge in [0.15, 0.2) is 11.9 Å². The van der Waals surface area contributed by atoms with Gasteiger partial charge >= 0.3 is 5.63 Å². The van der Waals surface area contributed by atoms with E-state index in [-0.39, 0.29) is 11.4 Å². The lowest BCUT2D eigenvalue weighted by Gasteiger charge is -2.13. The van der Waals surface area contributed by atoms with E-state index in [1.807, 2.05) is 31.2 Å². The van der Waals surface area contributed by atoms with Crippen molar-refractivity contribution >= 4 is 27.5 Å². The molecule has 0 aliphatic rings. The lowest BCUT2D eigenvalue weighted by molar-refractivity contribution is -0.122. The number of aryl methyl sites for hydroxylation is 1. The van der Waals surface area contributed by atoms with E-state index in [9.17, 15) is 9.59 Å². The topological polar surface area (TPSA) is 56.5 Å². The maximum atomic E-state index is 12.1. The van der Waals surface area contributed by atoms with E-state index in [2.05, 4.69) is 0 Å². The predicted octanol–water partition coefficient (Wildman–Crippen LogP) is 3.61. The van der Waals surface area contributed by atoms with E-state index in [0.717, 1.165) is 16.3 Å². The summed E-state index contributed by atoms with van der Waals surface area (Å²) in [5, 5.41) is 2.30. The number of rotatable bonds is 3. The summed E-state index contributed by atoms with van der Waals surface area (Å²) in [4.78, 5) is 23.4. The molecule has 1 heterocycles. The van der Waals surface area contributed by atoms with Gasteiger partial charge in [0.1, 0.15) is 11.3 Å². The molecule has 4 heteroatoms. The third-order valence-corrected chi connectivity index (χ3v) is 3.78. The fourth-order valence-electron chi connectivity index (χ4n) is 2.54. The molecule has 4 nitrogen and oxygen atoms in total. The number of ether oxygens (including phenoxy) is 1. The second kappa shape index (κ2) is 5.30. The van der Waals surface area contributed by atoms with E-state index >= 15 is 0 Å². The number of carbonyl (C=O) groups excluding carboxylic acids is 1. The average molecular weight is 296 g/mol. The van der Waals surface area contributed by atoms with E-state index in [1.54, 1.807) is 19.1 Å². The highest BCUT2D eigenvalue weighted by Gasteiger charge is 2.14. The summed E-state index contributed by atoms with van der Waals surface area (Å²) >= 11 is 0. The number of hydrogen-bond donors (Lipinski definition) is 0. The second-order valence-electron chi connectivity index (χ2n) is 5.42. The molecule has 1 atom stereocenters. The van der Waals surface area contributed by atoms with E-state index < -0.39 is 6.10 Å². The van der Waals surface area contributed by atoms with Crippen LogP contribution in [0.3, 0.4) is 0 Å². The highest BCUT2D eigenvalue weighted by molar-refractivity contribution is 6.06. The Kier molecular flexibility index (Phi) is 3.45. The fraction of sp³-hybridized carbons (Fsp3) is 0.222. The van der Waals surface area contributed by atoms with Crippen LogP contribution in [0.1, 0.15) is 19.4 Å². The Morgan fingerprint density at radius 2 is 1.86 bits per heavy atom. The standard InChI is InChI=1S/C18H16O4/c1-10-8-13(21-12(3)11(2)19)9-16-17(10)14-6-4-5-7-15(14)18(20)22-16/h4-9,12H,1-3H3/t12-/m0/s1. The molecule has 3 rings (SSSR count). The van der Waals surface area contributed by atoms with Crippen molar-refractivity contribution in [2.75, 3.05) is 0 Å². The summed E-state index contributed by atoms with van der Waals surface area (Å²) in [6.45, 7) is 5.10. The number of ketones is 1. The molecule has 0 aliphatic carbocycles. The van der Waals surface area contributed by atoms with Crippen molar-refractivity contribution in [3.8, 4) is 5.75 Å². The van der Waals surface area contributed by atoms with Crippen LogP contribution in [0.4, 0.5) is 0 Å². The van der Waals surface area contributed by atoms with E-state index in [1.165, 1.54) is 6.92 Å². The highest BCUT2D eigenvalue weighted by atomic mass is 16.5. The third-order valence-electron chi connectivity index (χ3n) is 3.78. The van der Waals surface area contributed by atoms with E-state index in [4.69, 9.17) is 9.15 Å². The first-order chi connectivity index (χ1) is 10.5. The van der Waals surface area contributed by atoms with Crippen molar-refractivity contribution in [3.05, 3.63) is 52.4 Å². The SMILES string of the molecule is CC(=O)[C@H](C)Oc1cc(C)c2c(c1)oc(=O)c1ccccc12. The highest BCUT2D eigenvalue weighted by Crippen LogP contribution is 2.30. The number of hydrogen-bond acceptors (Lipinski definition) is 4.